The van der Waals surface area contributed by atoms with Crippen LogP contribution < -0.4 is 5.43 Å². The first kappa shape index (κ1) is 22.3. The minimum Gasteiger partial charge on any atom is -0.506 e. The Bertz CT molecular complexity index is 1420. The number of fused-ring (bicyclic) bond motifs is 2. The van der Waals surface area contributed by atoms with Crippen LogP contribution in [-0.2, 0) is 0 Å². The standard InChI is InChI=1S/C24H18Cl4O3/c1-8-9(2)20(28)17(10(3)19(8)27)18-13-6-15(25)21(29)11(4)23(13)31-24-12(5)22(30)16(26)7-14(18)24/h6-7,29H,1-5H3. The van der Waals surface area contributed by atoms with Crippen molar-refractivity contribution in [2.45, 2.75) is 34.6 Å². The molecule has 31 heavy (non-hydrogen) atoms. The maximum atomic E-state index is 12.5. The van der Waals surface area contributed by atoms with E-state index < -0.39 is 0 Å². The minimum atomic E-state index is -0.319. The van der Waals surface area contributed by atoms with Gasteiger partial charge in [0, 0.05) is 38.2 Å². The molecule has 1 aliphatic carbocycles. The zero-order chi connectivity index (χ0) is 22.9. The predicted molar refractivity (Wildman–Crippen MR) is 130 cm³/mol. The lowest BCUT2D eigenvalue weighted by atomic mass is 9.87. The Labute approximate surface area is 199 Å². The molecule has 0 atom stereocenters. The van der Waals surface area contributed by atoms with Crippen LogP contribution in [0.25, 0.3) is 33.4 Å². The van der Waals surface area contributed by atoms with E-state index in [9.17, 15) is 9.90 Å². The van der Waals surface area contributed by atoms with Gasteiger partial charge in [0.05, 0.1) is 15.1 Å². The minimum absolute atomic E-state index is 0.0751. The number of halogens is 4. The van der Waals surface area contributed by atoms with Gasteiger partial charge in [0.2, 0.25) is 5.43 Å². The summed E-state index contributed by atoms with van der Waals surface area (Å²) in [5, 5.41) is 12.4. The van der Waals surface area contributed by atoms with E-state index in [0.29, 0.717) is 54.6 Å². The van der Waals surface area contributed by atoms with E-state index in [0.717, 1.165) is 16.7 Å². The molecule has 2 aliphatic rings. The van der Waals surface area contributed by atoms with Crippen molar-refractivity contribution >= 4 is 57.4 Å². The van der Waals surface area contributed by atoms with Gasteiger partial charge < -0.3 is 9.52 Å². The van der Waals surface area contributed by atoms with Crippen LogP contribution >= 0.6 is 46.4 Å². The molecular formula is C24H18Cl4O3. The Balaban J connectivity index is 2.39. The van der Waals surface area contributed by atoms with Crippen LogP contribution in [0.5, 0.6) is 5.75 Å². The van der Waals surface area contributed by atoms with Gasteiger partial charge >= 0.3 is 0 Å². The van der Waals surface area contributed by atoms with Crippen LogP contribution in [0.1, 0.15) is 27.8 Å². The number of phenols is 1. The van der Waals surface area contributed by atoms with Crippen LogP contribution in [0.4, 0.5) is 0 Å². The summed E-state index contributed by atoms with van der Waals surface area (Å²) < 4.78 is 6.15. The van der Waals surface area contributed by atoms with E-state index in [1.165, 1.54) is 0 Å². The van der Waals surface area contributed by atoms with Gasteiger partial charge in [-0.1, -0.05) is 46.4 Å². The largest absolute Gasteiger partial charge is 0.506 e. The van der Waals surface area contributed by atoms with Gasteiger partial charge in [-0.2, -0.15) is 0 Å². The molecule has 1 heterocycles. The molecule has 4 rings (SSSR count). The fraction of sp³-hybridized carbons (Fsp3) is 0.208. The number of aryl methyl sites for hydroxylation is 1. The molecule has 0 bridgehead atoms. The highest BCUT2D eigenvalue weighted by molar-refractivity contribution is 6.38. The topological polar surface area (TPSA) is 50.4 Å². The van der Waals surface area contributed by atoms with E-state index in [2.05, 4.69) is 0 Å². The molecule has 2 aromatic rings. The van der Waals surface area contributed by atoms with Gasteiger partial charge in [-0.3, -0.25) is 4.79 Å². The average Bonchev–Trinajstić information content (AvgIpc) is 2.74. The Hall–Kier alpha value is -1.91. The summed E-state index contributed by atoms with van der Waals surface area (Å²) in [4.78, 5) is 12.5. The molecule has 0 saturated carbocycles. The Morgan fingerprint density at radius 3 is 2.00 bits per heavy atom. The summed E-state index contributed by atoms with van der Waals surface area (Å²) in [6, 6.07) is 3.21. The number of benzene rings is 3. The quantitative estimate of drug-likeness (QED) is 0.269. The molecule has 1 N–H and O–H groups in total. The molecule has 0 radical (unpaired) electrons. The third-order valence-corrected chi connectivity index (χ3v) is 7.60. The third-order valence-electron chi connectivity index (χ3n) is 5.99. The van der Waals surface area contributed by atoms with Gasteiger partial charge in [0.15, 0.2) is 0 Å². The van der Waals surface area contributed by atoms with E-state index in [-0.39, 0.29) is 21.2 Å². The van der Waals surface area contributed by atoms with E-state index in [1.807, 2.05) is 20.8 Å². The van der Waals surface area contributed by atoms with Crippen LogP contribution in [-0.4, -0.2) is 5.11 Å². The van der Waals surface area contributed by atoms with Crippen LogP contribution in [0, 0.1) is 34.6 Å². The number of hydrogen-bond acceptors (Lipinski definition) is 3. The number of aromatic hydroxyl groups is 1. The highest BCUT2D eigenvalue weighted by Gasteiger charge is 2.28. The van der Waals surface area contributed by atoms with Gasteiger partial charge in [0.25, 0.3) is 0 Å². The van der Waals surface area contributed by atoms with Gasteiger partial charge in [-0.15, -0.1) is 0 Å². The van der Waals surface area contributed by atoms with Crippen molar-refractivity contribution in [3.63, 3.8) is 0 Å². The van der Waals surface area contributed by atoms with Crippen molar-refractivity contribution in [2.24, 2.45) is 0 Å². The van der Waals surface area contributed by atoms with E-state index >= 15 is 0 Å². The van der Waals surface area contributed by atoms with E-state index in [1.54, 1.807) is 26.0 Å². The summed E-state index contributed by atoms with van der Waals surface area (Å²) in [5.74, 6) is 0.282. The van der Waals surface area contributed by atoms with Crippen molar-refractivity contribution in [3.05, 3.63) is 70.3 Å². The van der Waals surface area contributed by atoms with Crippen LogP contribution in [0.2, 0.25) is 20.1 Å². The monoisotopic (exact) mass is 494 g/mol. The van der Waals surface area contributed by atoms with Gasteiger partial charge in [-0.25, -0.2) is 0 Å². The second-order valence-electron chi connectivity index (χ2n) is 7.75. The first-order valence-corrected chi connectivity index (χ1v) is 11.0. The first-order chi connectivity index (χ1) is 14.5. The van der Waals surface area contributed by atoms with Crippen molar-refractivity contribution in [1.29, 1.82) is 0 Å². The molecule has 0 spiro atoms. The molecule has 2 aromatic carbocycles. The second-order valence-corrected chi connectivity index (χ2v) is 9.32. The molecule has 3 nitrogen and oxygen atoms in total. The Kier molecular flexibility index (Phi) is 5.46. The predicted octanol–water partition coefficient (Wildman–Crippen LogP) is 8.43. The molecule has 7 heteroatoms. The smallest absolute Gasteiger partial charge is 0.203 e. The fourth-order valence-corrected chi connectivity index (χ4v) is 5.13. The highest BCUT2D eigenvalue weighted by Crippen LogP contribution is 2.50. The van der Waals surface area contributed by atoms with Crippen molar-refractivity contribution in [2.75, 3.05) is 0 Å². The number of phenolic OH excluding ortho intramolecular Hbond substituents is 1. The van der Waals surface area contributed by atoms with Gasteiger partial charge in [-0.05, 0) is 63.4 Å². The highest BCUT2D eigenvalue weighted by atomic mass is 35.5. The van der Waals surface area contributed by atoms with E-state index in [4.69, 9.17) is 50.8 Å². The van der Waals surface area contributed by atoms with Crippen molar-refractivity contribution in [3.8, 4) is 28.2 Å². The molecule has 0 unspecified atom stereocenters. The summed E-state index contributed by atoms with van der Waals surface area (Å²) in [6.45, 7) is 9.07. The molecular weight excluding hydrogens is 478 g/mol. The average molecular weight is 496 g/mol. The summed E-state index contributed by atoms with van der Waals surface area (Å²) in [6.07, 6.45) is 0. The van der Waals surface area contributed by atoms with Crippen LogP contribution in [0.15, 0.2) is 21.3 Å². The Morgan fingerprint density at radius 1 is 0.742 bits per heavy atom. The molecule has 1 aliphatic heterocycles. The lowest BCUT2D eigenvalue weighted by Crippen LogP contribution is -2.09. The van der Waals surface area contributed by atoms with Crippen molar-refractivity contribution in [1.82, 2.24) is 0 Å². The second kappa shape index (κ2) is 7.60. The maximum absolute atomic E-state index is 12.5. The first-order valence-electron chi connectivity index (χ1n) is 9.50. The lowest BCUT2D eigenvalue weighted by molar-refractivity contribution is 0.470. The molecule has 0 aromatic heterocycles. The fourth-order valence-electron chi connectivity index (χ4n) is 4.01. The number of hydrogen-bond donors (Lipinski definition) is 1. The molecule has 0 saturated heterocycles. The SMILES string of the molecule is Cc1c(C)c(Cl)c(-c2c3cc(Cl)c(=O)c(C)c-3oc3c(C)c(O)c(Cl)cc23)c(C)c1Cl. The number of rotatable bonds is 1. The summed E-state index contributed by atoms with van der Waals surface area (Å²) in [5.41, 5.74) is 5.43. The Morgan fingerprint density at radius 2 is 1.35 bits per heavy atom. The normalized spacial score (nSPS) is 11.6. The van der Waals surface area contributed by atoms with Crippen LogP contribution in [0.3, 0.4) is 0 Å². The third kappa shape index (κ3) is 3.14. The summed E-state index contributed by atoms with van der Waals surface area (Å²) in [7, 11) is 0. The van der Waals surface area contributed by atoms with Gasteiger partial charge in [0.1, 0.15) is 17.1 Å². The zero-order valence-electron chi connectivity index (χ0n) is 17.4. The molecule has 160 valence electrons. The summed E-state index contributed by atoms with van der Waals surface area (Å²) >= 11 is 26.1. The molecule has 0 fully saturated rings. The lowest BCUT2D eigenvalue weighted by Gasteiger charge is -2.23. The maximum Gasteiger partial charge on any atom is 0.203 e. The zero-order valence-corrected chi connectivity index (χ0v) is 20.5. The van der Waals surface area contributed by atoms with Crippen molar-refractivity contribution < 1.29 is 9.52 Å². The molecule has 0 amide bonds.